The third-order valence-corrected chi connectivity index (χ3v) is 3.42. The molecule has 0 unspecified atom stereocenters. The lowest BCUT2D eigenvalue weighted by molar-refractivity contribution is -0.131. The SMILES string of the molecule is CCOC(=O)c1cc2occc2n1CC(=O)N(CC)CC. The van der Waals surface area contributed by atoms with Crippen LogP contribution in [0.5, 0.6) is 0 Å². The highest BCUT2D eigenvalue weighted by Gasteiger charge is 2.21. The van der Waals surface area contributed by atoms with Gasteiger partial charge in [-0.3, -0.25) is 4.79 Å². The number of nitrogens with zero attached hydrogens (tertiary/aromatic N) is 2. The molecule has 0 fully saturated rings. The Hall–Kier alpha value is -2.24. The second-order valence-corrected chi connectivity index (χ2v) is 4.57. The summed E-state index contributed by atoms with van der Waals surface area (Å²) in [6.07, 6.45) is 1.54. The summed E-state index contributed by atoms with van der Waals surface area (Å²) in [4.78, 5) is 26.0. The molecule has 0 N–H and O–H groups in total. The van der Waals surface area contributed by atoms with E-state index in [2.05, 4.69) is 0 Å². The summed E-state index contributed by atoms with van der Waals surface area (Å²) in [5, 5.41) is 0. The van der Waals surface area contributed by atoms with Crippen molar-refractivity contribution in [3.63, 3.8) is 0 Å². The van der Waals surface area contributed by atoms with Gasteiger partial charge < -0.3 is 18.6 Å². The van der Waals surface area contributed by atoms with Gasteiger partial charge in [0.25, 0.3) is 0 Å². The van der Waals surface area contributed by atoms with Gasteiger partial charge in [-0.25, -0.2) is 4.79 Å². The number of esters is 1. The molecule has 2 rings (SSSR count). The number of carbonyl (C=O) groups excluding carboxylic acids is 2. The van der Waals surface area contributed by atoms with E-state index in [1.165, 1.54) is 6.26 Å². The summed E-state index contributed by atoms with van der Waals surface area (Å²) in [7, 11) is 0. The molecule has 2 aromatic rings. The fourth-order valence-corrected chi connectivity index (χ4v) is 2.33. The molecule has 0 aliphatic heterocycles. The number of rotatable bonds is 6. The van der Waals surface area contributed by atoms with Crippen LogP contribution in [0.2, 0.25) is 0 Å². The molecule has 21 heavy (non-hydrogen) atoms. The van der Waals surface area contributed by atoms with Crippen LogP contribution in [0.4, 0.5) is 0 Å². The number of hydrogen-bond acceptors (Lipinski definition) is 4. The van der Waals surface area contributed by atoms with Crippen molar-refractivity contribution in [3.05, 3.63) is 24.1 Å². The average molecular weight is 292 g/mol. The molecular weight excluding hydrogens is 272 g/mol. The van der Waals surface area contributed by atoms with Crippen molar-refractivity contribution in [2.45, 2.75) is 27.3 Å². The lowest BCUT2D eigenvalue weighted by atomic mass is 10.4. The van der Waals surface area contributed by atoms with Gasteiger partial charge in [-0.1, -0.05) is 0 Å². The Kier molecular flexibility index (Phi) is 4.67. The maximum absolute atomic E-state index is 12.3. The first-order valence-electron chi connectivity index (χ1n) is 7.13. The van der Waals surface area contributed by atoms with E-state index in [0.29, 0.717) is 24.4 Å². The molecule has 0 aliphatic rings. The van der Waals surface area contributed by atoms with Gasteiger partial charge in [-0.2, -0.15) is 0 Å². The predicted molar refractivity (Wildman–Crippen MR) is 78.1 cm³/mol. The van der Waals surface area contributed by atoms with E-state index in [-0.39, 0.29) is 19.1 Å². The number of carbonyl (C=O) groups is 2. The maximum atomic E-state index is 12.3. The zero-order valence-corrected chi connectivity index (χ0v) is 12.6. The van der Waals surface area contributed by atoms with Gasteiger partial charge in [0, 0.05) is 25.2 Å². The second-order valence-electron chi connectivity index (χ2n) is 4.57. The molecule has 0 atom stereocenters. The van der Waals surface area contributed by atoms with Gasteiger partial charge in [0.15, 0.2) is 5.58 Å². The van der Waals surface area contributed by atoms with Gasteiger partial charge in [0.1, 0.15) is 12.2 Å². The van der Waals surface area contributed by atoms with Gasteiger partial charge >= 0.3 is 5.97 Å². The van der Waals surface area contributed by atoms with E-state index in [0.717, 1.165) is 5.52 Å². The van der Waals surface area contributed by atoms with Crippen LogP contribution in [0, 0.1) is 0 Å². The van der Waals surface area contributed by atoms with E-state index in [9.17, 15) is 9.59 Å². The summed E-state index contributed by atoms with van der Waals surface area (Å²) in [6, 6.07) is 3.36. The molecule has 0 spiro atoms. The summed E-state index contributed by atoms with van der Waals surface area (Å²) in [5.74, 6) is -0.486. The highest BCUT2D eigenvalue weighted by atomic mass is 16.5. The minimum atomic E-state index is -0.448. The van der Waals surface area contributed by atoms with Crippen LogP contribution in [-0.4, -0.2) is 41.0 Å². The van der Waals surface area contributed by atoms with Crippen molar-refractivity contribution in [2.24, 2.45) is 0 Å². The molecular formula is C15H20N2O4. The van der Waals surface area contributed by atoms with Crippen molar-refractivity contribution in [2.75, 3.05) is 19.7 Å². The van der Waals surface area contributed by atoms with E-state index in [4.69, 9.17) is 9.15 Å². The molecule has 114 valence electrons. The Balaban J connectivity index is 2.36. The number of likely N-dealkylation sites (N-methyl/N-ethyl adjacent to an activating group) is 1. The summed E-state index contributed by atoms with van der Waals surface area (Å²) in [5.41, 5.74) is 1.63. The smallest absolute Gasteiger partial charge is 0.355 e. The van der Waals surface area contributed by atoms with Crippen LogP contribution in [0.25, 0.3) is 11.1 Å². The number of ether oxygens (including phenoxy) is 1. The number of furan rings is 1. The van der Waals surface area contributed by atoms with E-state index >= 15 is 0 Å². The Morgan fingerprint density at radius 2 is 2.00 bits per heavy atom. The molecule has 1 amide bonds. The third kappa shape index (κ3) is 2.94. The van der Waals surface area contributed by atoms with Crippen LogP contribution in [0.1, 0.15) is 31.3 Å². The molecule has 0 saturated carbocycles. The first-order chi connectivity index (χ1) is 10.1. The van der Waals surface area contributed by atoms with Crippen LogP contribution in [0.3, 0.4) is 0 Å². The van der Waals surface area contributed by atoms with Gasteiger partial charge in [0.2, 0.25) is 5.91 Å². The number of aromatic nitrogens is 1. The Bertz CT molecular complexity index is 637. The topological polar surface area (TPSA) is 64.7 Å². The van der Waals surface area contributed by atoms with E-state index in [1.807, 2.05) is 13.8 Å². The maximum Gasteiger partial charge on any atom is 0.355 e. The molecule has 0 saturated heterocycles. The van der Waals surface area contributed by atoms with Gasteiger partial charge in [-0.15, -0.1) is 0 Å². The monoisotopic (exact) mass is 292 g/mol. The zero-order chi connectivity index (χ0) is 15.4. The van der Waals surface area contributed by atoms with Crippen LogP contribution in [0.15, 0.2) is 22.8 Å². The highest BCUT2D eigenvalue weighted by molar-refractivity contribution is 5.95. The van der Waals surface area contributed by atoms with Crippen molar-refractivity contribution in [1.29, 1.82) is 0 Å². The fraction of sp³-hybridized carbons (Fsp3) is 0.467. The van der Waals surface area contributed by atoms with Crippen molar-refractivity contribution < 1.29 is 18.7 Å². The van der Waals surface area contributed by atoms with E-state index in [1.54, 1.807) is 28.5 Å². The lowest BCUT2D eigenvalue weighted by Crippen LogP contribution is -2.34. The van der Waals surface area contributed by atoms with Crippen molar-refractivity contribution in [3.8, 4) is 0 Å². The minimum Gasteiger partial charge on any atom is -0.463 e. The fourth-order valence-electron chi connectivity index (χ4n) is 2.33. The van der Waals surface area contributed by atoms with Gasteiger partial charge in [-0.05, 0) is 20.8 Å². The second kappa shape index (κ2) is 6.47. The molecule has 6 heteroatoms. The number of hydrogen-bond donors (Lipinski definition) is 0. The number of fused-ring (bicyclic) bond motifs is 1. The molecule has 2 aromatic heterocycles. The van der Waals surface area contributed by atoms with Gasteiger partial charge in [0.05, 0.1) is 18.4 Å². The normalized spacial score (nSPS) is 10.8. The van der Waals surface area contributed by atoms with E-state index < -0.39 is 5.97 Å². The zero-order valence-electron chi connectivity index (χ0n) is 12.6. The van der Waals surface area contributed by atoms with Crippen LogP contribution in [-0.2, 0) is 16.1 Å². The predicted octanol–water partition coefficient (Wildman–Crippen LogP) is 2.28. The molecule has 0 aromatic carbocycles. The highest BCUT2D eigenvalue weighted by Crippen LogP contribution is 2.22. The first-order valence-corrected chi connectivity index (χ1v) is 7.13. The largest absolute Gasteiger partial charge is 0.463 e. The number of amides is 1. The molecule has 0 bridgehead atoms. The molecule has 0 aliphatic carbocycles. The Morgan fingerprint density at radius 1 is 1.29 bits per heavy atom. The average Bonchev–Trinajstić information content (AvgIpc) is 3.03. The summed E-state index contributed by atoms with van der Waals surface area (Å²) < 4.78 is 12.0. The standard InChI is InChI=1S/C15H20N2O4/c1-4-16(5-2)14(18)10-17-11-7-8-21-13(11)9-12(17)15(19)20-6-3/h7-9H,4-6,10H2,1-3H3. The van der Waals surface area contributed by atoms with Crippen molar-refractivity contribution in [1.82, 2.24) is 9.47 Å². The molecule has 0 radical (unpaired) electrons. The summed E-state index contributed by atoms with van der Waals surface area (Å²) in [6.45, 7) is 7.26. The third-order valence-electron chi connectivity index (χ3n) is 3.42. The first kappa shape index (κ1) is 15.2. The Labute approximate surface area is 123 Å². The molecule has 2 heterocycles. The quantitative estimate of drug-likeness (QED) is 0.766. The van der Waals surface area contributed by atoms with Crippen LogP contribution < -0.4 is 0 Å². The Morgan fingerprint density at radius 3 is 2.62 bits per heavy atom. The lowest BCUT2D eigenvalue weighted by Gasteiger charge is -2.19. The summed E-state index contributed by atoms with van der Waals surface area (Å²) >= 11 is 0. The minimum absolute atomic E-state index is 0.0377. The van der Waals surface area contributed by atoms with Crippen molar-refractivity contribution >= 4 is 23.0 Å². The molecule has 6 nitrogen and oxygen atoms in total. The van der Waals surface area contributed by atoms with Crippen LogP contribution >= 0.6 is 0 Å².